The molecule has 0 atom stereocenters. The highest BCUT2D eigenvalue weighted by atomic mass is 35.5. The lowest BCUT2D eigenvalue weighted by molar-refractivity contribution is -0.385. The molecule has 0 aliphatic rings. The van der Waals surface area contributed by atoms with Gasteiger partial charge in [0.1, 0.15) is 0 Å². The molecule has 0 N–H and O–H groups in total. The lowest BCUT2D eigenvalue weighted by Gasteiger charge is -2.00. The van der Waals surface area contributed by atoms with E-state index in [1.807, 2.05) is 0 Å². The molecule has 94 valence electrons. The van der Waals surface area contributed by atoms with E-state index in [4.69, 9.17) is 11.6 Å². The Hall–Kier alpha value is -2.13. The van der Waals surface area contributed by atoms with Gasteiger partial charge in [0.2, 0.25) is 5.15 Å². The molecule has 0 aromatic carbocycles. The zero-order chi connectivity index (χ0) is 13.7. The van der Waals surface area contributed by atoms with Crippen LogP contribution >= 0.6 is 11.6 Å². The molecule has 6 nitrogen and oxygen atoms in total. The van der Waals surface area contributed by atoms with Crippen molar-refractivity contribution in [2.45, 2.75) is 13.8 Å². The van der Waals surface area contributed by atoms with Crippen molar-refractivity contribution in [2.24, 2.45) is 0 Å². The van der Waals surface area contributed by atoms with Gasteiger partial charge >= 0.3 is 11.7 Å². The average Bonchev–Trinajstić information content (AvgIpc) is 2.28. The Morgan fingerprint density at radius 2 is 2.33 bits per heavy atom. The highest BCUT2D eigenvalue weighted by molar-refractivity contribution is 6.31. The standard InChI is InChI=1S/C11H9ClN2O4/c1-3-18-9(15)5-4-8-6-13-11(12)10(7(8)2)14(16)17/h6H,3H2,1-2H3. The van der Waals surface area contributed by atoms with E-state index in [1.54, 1.807) is 6.92 Å². The number of nitrogens with zero attached hydrogens (tertiary/aromatic N) is 2. The zero-order valence-corrected chi connectivity index (χ0v) is 10.4. The van der Waals surface area contributed by atoms with Crippen molar-refractivity contribution >= 4 is 23.3 Å². The largest absolute Gasteiger partial charge is 0.456 e. The van der Waals surface area contributed by atoms with Crippen LogP contribution in [0.3, 0.4) is 0 Å². The number of ether oxygens (including phenoxy) is 1. The lowest BCUT2D eigenvalue weighted by atomic mass is 10.1. The van der Waals surface area contributed by atoms with Crippen LogP contribution in [0.4, 0.5) is 5.69 Å². The van der Waals surface area contributed by atoms with Gasteiger partial charge in [0.25, 0.3) is 0 Å². The number of rotatable bonds is 2. The number of nitro groups is 1. The number of pyridine rings is 1. The fourth-order valence-corrected chi connectivity index (χ4v) is 1.44. The van der Waals surface area contributed by atoms with Gasteiger partial charge in [-0.2, -0.15) is 0 Å². The molecule has 0 saturated heterocycles. The second-order valence-corrected chi connectivity index (χ2v) is 3.52. The summed E-state index contributed by atoms with van der Waals surface area (Å²) in [5.41, 5.74) is 0.211. The number of aromatic nitrogens is 1. The minimum absolute atomic E-state index is 0.209. The van der Waals surface area contributed by atoms with Crippen LogP contribution in [0.15, 0.2) is 6.20 Å². The third-order valence-corrected chi connectivity index (χ3v) is 2.30. The molecule has 0 aliphatic heterocycles. The van der Waals surface area contributed by atoms with Gasteiger partial charge in [-0.15, -0.1) is 0 Å². The molecule has 1 rings (SSSR count). The van der Waals surface area contributed by atoms with Gasteiger partial charge in [-0.05, 0) is 13.8 Å². The Morgan fingerprint density at radius 3 is 2.89 bits per heavy atom. The van der Waals surface area contributed by atoms with Crippen LogP contribution in [-0.2, 0) is 9.53 Å². The Balaban J connectivity index is 3.16. The second-order valence-electron chi connectivity index (χ2n) is 3.16. The third-order valence-electron chi connectivity index (χ3n) is 2.02. The van der Waals surface area contributed by atoms with E-state index in [0.717, 1.165) is 0 Å². The molecule has 7 heteroatoms. The van der Waals surface area contributed by atoms with Crippen LogP contribution in [0.1, 0.15) is 18.1 Å². The summed E-state index contributed by atoms with van der Waals surface area (Å²) in [5.74, 6) is 3.98. The van der Waals surface area contributed by atoms with E-state index in [-0.39, 0.29) is 28.6 Å². The van der Waals surface area contributed by atoms with E-state index in [2.05, 4.69) is 21.6 Å². The molecule has 0 aliphatic carbocycles. The molecular formula is C11H9ClN2O4. The maximum absolute atomic E-state index is 11.0. The van der Waals surface area contributed by atoms with Crippen LogP contribution < -0.4 is 0 Å². The number of carbonyl (C=O) groups is 1. The molecule has 0 spiro atoms. The molecule has 1 aromatic rings. The average molecular weight is 269 g/mol. The monoisotopic (exact) mass is 268 g/mol. The maximum atomic E-state index is 11.0. The Labute approximate surface area is 108 Å². The summed E-state index contributed by atoms with van der Waals surface area (Å²) in [7, 11) is 0. The van der Waals surface area contributed by atoms with Gasteiger partial charge in [0.05, 0.1) is 17.1 Å². The van der Waals surface area contributed by atoms with Gasteiger partial charge in [-0.1, -0.05) is 17.5 Å². The van der Waals surface area contributed by atoms with Gasteiger partial charge < -0.3 is 4.74 Å². The molecule has 18 heavy (non-hydrogen) atoms. The quantitative estimate of drug-likeness (QED) is 0.269. The third kappa shape index (κ3) is 3.18. The van der Waals surface area contributed by atoms with Gasteiger partial charge in [0.15, 0.2) is 0 Å². The molecule has 0 bridgehead atoms. The summed E-state index contributed by atoms with van der Waals surface area (Å²) < 4.78 is 4.61. The van der Waals surface area contributed by atoms with Gasteiger partial charge in [-0.25, -0.2) is 9.78 Å². The first kappa shape index (κ1) is 13.9. The molecule has 0 radical (unpaired) electrons. The van der Waals surface area contributed by atoms with E-state index in [9.17, 15) is 14.9 Å². The van der Waals surface area contributed by atoms with Gasteiger partial charge in [0, 0.05) is 17.7 Å². The predicted molar refractivity (Wildman–Crippen MR) is 64.1 cm³/mol. The first-order chi connectivity index (χ1) is 8.47. The number of carbonyl (C=O) groups excluding carboxylic acids is 1. The fraction of sp³-hybridized carbons (Fsp3) is 0.273. The maximum Gasteiger partial charge on any atom is 0.384 e. The van der Waals surface area contributed by atoms with Crippen molar-refractivity contribution in [1.29, 1.82) is 0 Å². The minimum atomic E-state index is -0.700. The number of esters is 1. The number of hydrogen-bond donors (Lipinski definition) is 0. The Bertz CT molecular complexity index is 560. The predicted octanol–water partition coefficient (Wildman–Crippen LogP) is 1.87. The number of hydrogen-bond acceptors (Lipinski definition) is 5. The van der Waals surface area contributed by atoms with Crippen LogP contribution in [-0.4, -0.2) is 22.5 Å². The summed E-state index contributed by atoms with van der Waals surface area (Å²) in [6.07, 6.45) is 1.27. The highest BCUT2D eigenvalue weighted by Gasteiger charge is 2.19. The molecule has 1 heterocycles. The van der Waals surface area contributed by atoms with Crippen LogP contribution in [0.2, 0.25) is 5.15 Å². The van der Waals surface area contributed by atoms with Crippen molar-refractivity contribution in [3.8, 4) is 11.8 Å². The van der Waals surface area contributed by atoms with Crippen LogP contribution in [0.25, 0.3) is 0 Å². The van der Waals surface area contributed by atoms with E-state index in [1.165, 1.54) is 13.1 Å². The SMILES string of the molecule is CCOC(=O)C#Cc1cnc(Cl)c([N+](=O)[O-])c1C. The summed E-state index contributed by atoms with van der Waals surface area (Å²) in [6.45, 7) is 3.35. The molecule has 0 fully saturated rings. The second kappa shape index (κ2) is 5.98. The van der Waals surface area contributed by atoms with Crippen molar-refractivity contribution in [3.05, 3.63) is 32.6 Å². The molecule has 0 saturated carbocycles. The van der Waals surface area contributed by atoms with E-state index >= 15 is 0 Å². The summed E-state index contributed by atoms with van der Waals surface area (Å²) in [5, 5.41) is 10.6. The lowest BCUT2D eigenvalue weighted by Crippen LogP contribution is -2.01. The van der Waals surface area contributed by atoms with E-state index < -0.39 is 10.9 Å². The molecule has 0 amide bonds. The molecular weight excluding hydrogens is 260 g/mol. The number of halogens is 1. The summed E-state index contributed by atoms with van der Waals surface area (Å²) >= 11 is 5.62. The fourth-order valence-electron chi connectivity index (χ4n) is 1.19. The topological polar surface area (TPSA) is 82.3 Å². The smallest absolute Gasteiger partial charge is 0.384 e. The van der Waals surface area contributed by atoms with E-state index in [0.29, 0.717) is 0 Å². The summed E-state index contributed by atoms with van der Waals surface area (Å²) in [6, 6.07) is 0. The first-order valence-electron chi connectivity index (χ1n) is 4.95. The summed E-state index contributed by atoms with van der Waals surface area (Å²) in [4.78, 5) is 24.8. The Morgan fingerprint density at radius 1 is 1.67 bits per heavy atom. The van der Waals surface area contributed by atoms with Crippen LogP contribution in [0, 0.1) is 28.9 Å². The van der Waals surface area contributed by atoms with Gasteiger partial charge in [-0.3, -0.25) is 10.1 Å². The van der Waals surface area contributed by atoms with Crippen molar-refractivity contribution < 1.29 is 14.5 Å². The van der Waals surface area contributed by atoms with Crippen molar-refractivity contribution in [1.82, 2.24) is 4.98 Å². The van der Waals surface area contributed by atoms with Crippen molar-refractivity contribution in [3.63, 3.8) is 0 Å². The Kier molecular flexibility index (Phi) is 4.63. The first-order valence-corrected chi connectivity index (χ1v) is 5.33. The molecule has 1 aromatic heterocycles. The van der Waals surface area contributed by atoms with Crippen molar-refractivity contribution in [2.75, 3.05) is 6.61 Å². The zero-order valence-electron chi connectivity index (χ0n) is 9.69. The highest BCUT2D eigenvalue weighted by Crippen LogP contribution is 2.27. The minimum Gasteiger partial charge on any atom is -0.456 e. The normalized spacial score (nSPS) is 9.28. The molecule has 0 unspecified atom stereocenters. The van der Waals surface area contributed by atoms with Crippen LogP contribution in [0.5, 0.6) is 0 Å².